The maximum atomic E-state index is 13.1. The number of halogens is 1. The Balaban J connectivity index is 1.53. The Bertz CT molecular complexity index is 1070. The van der Waals surface area contributed by atoms with Crippen LogP contribution in [0.25, 0.3) is 16.5 Å². The van der Waals surface area contributed by atoms with E-state index in [1.807, 2.05) is 18.2 Å². The Morgan fingerprint density at radius 1 is 1.23 bits per heavy atom. The maximum absolute atomic E-state index is 13.1. The molecule has 0 aliphatic carbocycles. The van der Waals surface area contributed by atoms with Gasteiger partial charge in [-0.05, 0) is 67.8 Å². The Morgan fingerprint density at radius 3 is 2.73 bits per heavy atom. The van der Waals surface area contributed by atoms with Crippen molar-refractivity contribution >= 4 is 28.1 Å². The van der Waals surface area contributed by atoms with E-state index >= 15 is 0 Å². The summed E-state index contributed by atoms with van der Waals surface area (Å²) >= 11 is 0. The fraction of sp³-hybridized carbons (Fsp3) is 0.320. The zero-order chi connectivity index (χ0) is 21.1. The molecule has 2 heterocycles. The second-order valence-electron chi connectivity index (χ2n) is 8.04. The van der Waals surface area contributed by atoms with Crippen molar-refractivity contribution in [1.82, 2.24) is 9.88 Å². The van der Waals surface area contributed by atoms with E-state index < -0.39 is 0 Å². The van der Waals surface area contributed by atoms with Crippen LogP contribution in [-0.2, 0) is 0 Å². The average molecular weight is 406 g/mol. The highest BCUT2D eigenvalue weighted by atomic mass is 19.1. The molecule has 4 nitrogen and oxygen atoms in total. The molecule has 0 saturated carbocycles. The molecule has 0 saturated heterocycles. The number of hydrogen-bond acceptors (Lipinski definition) is 2. The molecule has 4 rings (SSSR count). The molecule has 30 heavy (non-hydrogen) atoms. The molecule has 2 N–H and O–H groups in total. The molecule has 1 aromatic heterocycles. The number of hydrogen-bond donors (Lipinski definition) is 2. The molecule has 156 valence electrons. The lowest BCUT2D eigenvalue weighted by Crippen LogP contribution is -2.36. The number of carbonyl (C=O) groups excluding carboxylic acids is 1. The summed E-state index contributed by atoms with van der Waals surface area (Å²) in [7, 11) is 0. The van der Waals surface area contributed by atoms with E-state index in [0.717, 1.165) is 36.1 Å². The van der Waals surface area contributed by atoms with Crippen LogP contribution in [0.1, 0.15) is 49.0 Å². The molecule has 2 aromatic carbocycles. The second-order valence-corrected chi connectivity index (χ2v) is 8.04. The molecular weight excluding hydrogens is 377 g/mol. The number of anilines is 1. The lowest BCUT2D eigenvalue weighted by Gasteiger charge is -2.31. The molecule has 0 fully saturated rings. The van der Waals surface area contributed by atoms with Gasteiger partial charge in [0.25, 0.3) is 5.91 Å². The summed E-state index contributed by atoms with van der Waals surface area (Å²) in [6.45, 7) is 6.59. The third kappa shape index (κ3) is 4.31. The van der Waals surface area contributed by atoms with E-state index in [4.69, 9.17) is 0 Å². The summed E-state index contributed by atoms with van der Waals surface area (Å²) in [5, 5.41) is 4.03. The Kier molecular flexibility index (Phi) is 6.00. The van der Waals surface area contributed by atoms with Crippen molar-refractivity contribution in [1.29, 1.82) is 0 Å². The molecule has 1 unspecified atom stereocenters. The molecule has 0 radical (unpaired) electrons. The van der Waals surface area contributed by atoms with Crippen molar-refractivity contribution in [2.75, 3.05) is 18.4 Å². The summed E-state index contributed by atoms with van der Waals surface area (Å²) in [5.74, 6) is -0.600. The minimum atomic E-state index is -0.353. The van der Waals surface area contributed by atoms with Gasteiger partial charge in [-0.25, -0.2) is 4.39 Å². The van der Waals surface area contributed by atoms with Crippen LogP contribution in [0.4, 0.5) is 10.1 Å². The summed E-state index contributed by atoms with van der Waals surface area (Å²) in [5.41, 5.74) is 4.76. The van der Waals surface area contributed by atoms with Gasteiger partial charge >= 0.3 is 0 Å². The Hall–Kier alpha value is -2.92. The second kappa shape index (κ2) is 8.84. The average Bonchev–Trinajstić information content (AvgIpc) is 3.18. The number of rotatable bonds is 6. The molecule has 1 amide bonds. The number of aromatic nitrogens is 1. The van der Waals surface area contributed by atoms with Crippen LogP contribution in [0.15, 0.2) is 54.7 Å². The molecule has 1 aliphatic heterocycles. The van der Waals surface area contributed by atoms with Gasteiger partial charge in [0.15, 0.2) is 0 Å². The number of amides is 1. The molecule has 3 aromatic rings. The highest BCUT2D eigenvalue weighted by Crippen LogP contribution is 2.31. The largest absolute Gasteiger partial charge is 0.361 e. The SMILES string of the molecule is CCCC(C)N1CC=C(c2c[nH]c3ccc(NC(=O)c4ccc(F)cc4)cc23)CC1. The third-order valence-electron chi connectivity index (χ3n) is 5.96. The highest BCUT2D eigenvalue weighted by Gasteiger charge is 2.19. The van der Waals surface area contributed by atoms with Gasteiger partial charge in [-0.3, -0.25) is 9.69 Å². The monoisotopic (exact) mass is 405 g/mol. The number of nitrogens with zero attached hydrogens (tertiary/aromatic N) is 1. The number of aromatic amines is 1. The van der Waals surface area contributed by atoms with E-state index in [1.165, 1.54) is 48.2 Å². The maximum Gasteiger partial charge on any atom is 0.255 e. The van der Waals surface area contributed by atoms with Crippen LogP contribution < -0.4 is 5.32 Å². The van der Waals surface area contributed by atoms with Crippen LogP contribution in [0.2, 0.25) is 0 Å². The minimum absolute atomic E-state index is 0.246. The lowest BCUT2D eigenvalue weighted by atomic mass is 9.97. The van der Waals surface area contributed by atoms with Gasteiger partial charge < -0.3 is 10.3 Å². The number of benzene rings is 2. The van der Waals surface area contributed by atoms with Crippen molar-refractivity contribution in [2.24, 2.45) is 0 Å². The highest BCUT2D eigenvalue weighted by molar-refractivity contribution is 6.05. The quantitative estimate of drug-likeness (QED) is 0.541. The third-order valence-corrected chi connectivity index (χ3v) is 5.96. The van der Waals surface area contributed by atoms with Crippen LogP contribution in [-0.4, -0.2) is 34.9 Å². The van der Waals surface area contributed by atoms with E-state index in [2.05, 4.69) is 41.3 Å². The predicted molar refractivity (Wildman–Crippen MR) is 121 cm³/mol. The fourth-order valence-electron chi connectivity index (χ4n) is 4.20. The molecule has 1 aliphatic rings. The van der Waals surface area contributed by atoms with Crippen molar-refractivity contribution in [2.45, 2.75) is 39.2 Å². The van der Waals surface area contributed by atoms with Gasteiger partial charge in [-0.1, -0.05) is 19.4 Å². The van der Waals surface area contributed by atoms with Crippen molar-refractivity contribution in [3.8, 4) is 0 Å². The van der Waals surface area contributed by atoms with E-state index in [-0.39, 0.29) is 11.7 Å². The number of carbonyl (C=O) groups is 1. The Morgan fingerprint density at radius 2 is 2.03 bits per heavy atom. The fourth-order valence-corrected chi connectivity index (χ4v) is 4.20. The minimum Gasteiger partial charge on any atom is -0.361 e. The Labute approximate surface area is 176 Å². The van der Waals surface area contributed by atoms with Crippen LogP contribution in [0, 0.1) is 5.82 Å². The van der Waals surface area contributed by atoms with Gasteiger partial charge in [-0.15, -0.1) is 0 Å². The first-order chi connectivity index (χ1) is 14.5. The topological polar surface area (TPSA) is 48.1 Å². The number of H-pyrrole nitrogens is 1. The van der Waals surface area contributed by atoms with E-state index in [9.17, 15) is 9.18 Å². The molecular formula is C25H28FN3O. The summed E-state index contributed by atoms with van der Waals surface area (Å²) < 4.78 is 13.1. The summed E-state index contributed by atoms with van der Waals surface area (Å²) in [4.78, 5) is 18.4. The smallest absolute Gasteiger partial charge is 0.255 e. The zero-order valence-electron chi connectivity index (χ0n) is 17.5. The molecule has 5 heteroatoms. The number of fused-ring (bicyclic) bond motifs is 1. The molecule has 1 atom stereocenters. The van der Waals surface area contributed by atoms with Crippen LogP contribution in [0.3, 0.4) is 0 Å². The van der Waals surface area contributed by atoms with Gasteiger partial charge in [0.1, 0.15) is 5.82 Å². The van der Waals surface area contributed by atoms with Crippen LogP contribution >= 0.6 is 0 Å². The van der Waals surface area contributed by atoms with E-state index in [0.29, 0.717) is 11.6 Å². The van der Waals surface area contributed by atoms with E-state index in [1.54, 1.807) is 0 Å². The van der Waals surface area contributed by atoms with Gasteiger partial charge in [0.2, 0.25) is 0 Å². The van der Waals surface area contributed by atoms with Gasteiger partial charge in [0, 0.05) is 53.0 Å². The molecule has 0 spiro atoms. The standard InChI is InChI=1S/C25H28FN3O/c1-3-4-17(2)29-13-11-18(12-14-29)23-16-27-24-10-9-21(15-22(23)24)28-25(30)19-5-7-20(26)8-6-19/h5-11,15-17,27H,3-4,12-14H2,1-2H3,(H,28,30). The van der Waals surface area contributed by atoms with Crippen molar-refractivity contribution in [3.63, 3.8) is 0 Å². The summed E-state index contributed by atoms with van der Waals surface area (Å²) in [6.07, 6.45) is 7.86. The zero-order valence-corrected chi connectivity index (χ0v) is 17.5. The first-order valence-corrected chi connectivity index (χ1v) is 10.7. The van der Waals surface area contributed by atoms with Crippen LogP contribution in [0.5, 0.6) is 0 Å². The van der Waals surface area contributed by atoms with Crippen molar-refractivity contribution < 1.29 is 9.18 Å². The normalized spacial score (nSPS) is 15.8. The first kappa shape index (κ1) is 20.4. The van der Waals surface area contributed by atoms with Gasteiger partial charge in [-0.2, -0.15) is 0 Å². The lowest BCUT2D eigenvalue weighted by molar-refractivity contribution is 0.102. The van der Waals surface area contributed by atoms with Crippen molar-refractivity contribution in [3.05, 3.63) is 71.7 Å². The predicted octanol–water partition coefficient (Wildman–Crippen LogP) is 5.84. The summed E-state index contributed by atoms with van der Waals surface area (Å²) in [6, 6.07) is 12.1. The number of nitrogens with one attached hydrogen (secondary N) is 2. The molecule has 0 bridgehead atoms. The first-order valence-electron chi connectivity index (χ1n) is 10.7. The van der Waals surface area contributed by atoms with Gasteiger partial charge in [0.05, 0.1) is 0 Å².